The quantitative estimate of drug-likeness (QED) is 0.397. The van der Waals surface area contributed by atoms with E-state index in [0.29, 0.717) is 16.5 Å². The number of aromatic nitrogens is 1. The minimum Gasteiger partial charge on any atom is -0.493 e. The second-order valence-corrected chi connectivity index (χ2v) is 8.34. The molecule has 10 heteroatoms. The topological polar surface area (TPSA) is 60.9 Å². The highest BCUT2D eigenvalue weighted by Crippen LogP contribution is 2.33. The number of carbonyl (C=O) groups is 1. The molecule has 1 amide bonds. The van der Waals surface area contributed by atoms with Crippen molar-refractivity contribution in [3.05, 3.63) is 69.9 Å². The summed E-state index contributed by atoms with van der Waals surface area (Å²) in [6, 6.07) is 10.4. The fourth-order valence-corrected chi connectivity index (χ4v) is 3.93. The van der Waals surface area contributed by atoms with Crippen LogP contribution in [0.2, 0.25) is 0 Å². The SMILES string of the molecule is COc1cc(CN(C(=O)c2csc(COc3ccc(F)cc3)n2)C2CC2)ccc1OC(F)F. The van der Waals surface area contributed by atoms with Gasteiger partial charge in [0.2, 0.25) is 0 Å². The standard InChI is InChI=1S/C23H21F3N2O4S/c1-30-20-10-14(2-9-19(20)32-23(25)26)11-28(16-5-6-16)22(29)18-13-33-21(27-18)12-31-17-7-3-15(24)4-8-17/h2-4,7-10,13,16,23H,5-6,11-12H2,1H3. The first-order chi connectivity index (χ1) is 15.9. The molecular weight excluding hydrogens is 457 g/mol. The molecule has 0 radical (unpaired) electrons. The zero-order valence-corrected chi connectivity index (χ0v) is 18.5. The fourth-order valence-electron chi connectivity index (χ4n) is 3.25. The predicted molar refractivity (Wildman–Crippen MR) is 115 cm³/mol. The van der Waals surface area contributed by atoms with Crippen LogP contribution < -0.4 is 14.2 Å². The number of nitrogens with zero attached hydrogens (tertiary/aromatic N) is 2. The molecule has 1 saturated carbocycles. The lowest BCUT2D eigenvalue weighted by molar-refractivity contribution is -0.0512. The van der Waals surface area contributed by atoms with Gasteiger partial charge in [-0.3, -0.25) is 4.79 Å². The molecule has 0 unspecified atom stereocenters. The molecule has 0 atom stereocenters. The number of hydrogen-bond acceptors (Lipinski definition) is 6. The first-order valence-corrected chi connectivity index (χ1v) is 11.1. The maximum absolute atomic E-state index is 13.2. The van der Waals surface area contributed by atoms with Gasteiger partial charge in [-0.05, 0) is 54.8 Å². The lowest BCUT2D eigenvalue weighted by Gasteiger charge is -2.22. The molecule has 6 nitrogen and oxygen atoms in total. The van der Waals surface area contributed by atoms with E-state index >= 15 is 0 Å². The van der Waals surface area contributed by atoms with E-state index in [9.17, 15) is 18.0 Å². The maximum Gasteiger partial charge on any atom is 0.387 e. The smallest absolute Gasteiger partial charge is 0.387 e. The first kappa shape index (κ1) is 22.9. The van der Waals surface area contributed by atoms with Gasteiger partial charge in [-0.1, -0.05) is 6.07 Å². The molecule has 0 spiro atoms. The van der Waals surface area contributed by atoms with Crippen molar-refractivity contribution in [3.63, 3.8) is 0 Å². The Balaban J connectivity index is 1.43. The van der Waals surface area contributed by atoms with E-state index in [1.165, 1.54) is 48.8 Å². The van der Waals surface area contributed by atoms with Gasteiger partial charge in [-0.15, -0.1) is 11.3 Å². The monoisotopic (exact) mass is 478 g/mol. The number of halogens is 3. The van der Waals surface area contributed by atoms with Crippen molar-refractivity contribution in [2.45, 2.75) is 38.6 Å². The van der Waals surface area contributed by atoms with Crippen molar-refractivity contribution in [1.82, 2.24) is 9.88 Å². The molecule has 33 heavy (non-hydrogen) atoms. The molecule has 4 rings (SSSR count). The van der Waals surface area contributed by atoms with Crippen molar-refractivity contribution in [3.8, 4) is 17.2 Å². The lowest BCUT2D eigenvalue weighted by atomic mass is 10.1. The summed E-state index contributed by atoms with van der Waals surface area (Å²) in [4.78, 5) is 19.3. The lowest BCUT2D eigenvalue weighted by Crippen LogP contribution is -2.32. The van der Waals surface area contributed by atoms with Crippen LogP contribution in [-0.4, -0.2) is 35.6 Å². The molecule has 1 fully saturated rings. The van der Waals surface area contributed by atoms with E-state index in [2.05, 4.69) is 9.72 Å². The summed E-state index contributed by atoms with van der Waals surface area (Å²) in [5.74, 6) is 0.0511. The van der Waals surface area contributed by atoms with Gasteiger partial charge in [0.15, 0.2) is 11.5 Å². The number of ether oxygens (including phenoxy) is 3. The summed E-state index contributed by atoms with van der Waals surface area (Å²) in [5, 5.41) is 2.30. The Labute approximate surface area is 192 Å². The Bertz CT molecular complexity index is 1100. The van der Waals surface area contributed by atoms with Crippen LogP contribution in [0.4, 0.5) is 13.2 Å². The number of benzene rings is 2. The van der Waals surface area contributed by atoms with Crippen LogP contribution in [0.25, 0.3) is 0 Å². The molecule has 0 aliphatic heterocycles. The minimum atomic E-state index is -2.96. The molecule has 2 aromatic carbocycles. The Morgan fingerprint density at radius 1 is 1.18 bits per heavy atom. The summed E-state index contributed by atoms with van der Waals surface area (Å²) in [7, 11) is 1.37. The van der Waals surface area contributed by atoms with E-state index in [1.807, 2.05) is 0 Å². The number of alkyl halides is 2. The minimum absolute atomic E-state index is 0.0640. The molecule has 1 heterocycles. The van der Waals surface area contributed by atoms with Gasteiger partial charge in [0.25, 0.3) is 5.91 Å². The van der Waals surface area contributed by atoms with E-state index in [0.717, 1.165) is 18.4 Å². The Morgan fingerprint density at radius 3 is 2.61 bits per heavy atom. The van der Waals surface area contributed by atoms with E-state index in [1.54, 1.807) is 22.4 Å². The number of rotatable bonds is 10. The third-order valence-corrected chi connectivity index (χ3v) is 5.81. The van der Waals surface area contributed by atoms with Gasteiger partial charge in [0.05, 0.1) is 7.11 Å². The van der Waals surface area contributed by atoms with Crippen molar-refractivity contribution >= 4 is 17.2 Å². The molecule has 0 N–H and O–H groups in total. The normalized spacial score (nSPS) is 13.1. The highest BCUT2D eigenvalue weighted by molar-refractivity contribution is 7.09. The van der Waals surface area contributed by atoms with E-state index < -0.39 is 6.61 Å². The molecule has 1 aliphatic carbocycles. The van der Waals surface area contributed by atoms with Gasteiger partial charge < -0.3 is 19.1 Å². The molecule has 0 saturated heterocycles. The van der Waals surface area contributed by atoms with Crippen molar-refractivity contribution in [2.24, 2.45) is 0 Å². The average molecular weight is 478 g/mol. The van der Waals surface area contributed by atoms with Crippen LogP contribution in [0.1, 0.15) is 33.9 Å². The third kappa shape index (κ3) is 5.95. The summed E-state index contributed by atoms with van der Waals surface area (Å²) in [6.07, 6.45) is 1.78. The van der Waals surface area contributed by atoms with Gasteiger partial charge in [-0.2, -0.15) is 8.78 Å². The maximum atomic E-state index is 13.2. The number of hydrogen-bond donors (Lipinski definition) is 0. The molecule has 1 aromatic heterocycles. The first-order valence-electron chi connectivity index (χ1n) is 10.2. The van der Waals surface area contributed by atoms with Crippen LogP contribution in [0.5, 0.6) is 17.2 Å². The molecule has 3 aromatic rings. The molecular formula is C23H21F3N2O4S. The number of methoxy groups -OCH3 is 1. The number of thiazole rings is 1. The van der Waals surface area contributed by atoms with E-state index in [4.69, 9.17) is 9.47 Å². The van der Waals surface area contributed by atoms with Crippen LogP contribution in [0.3, 0.4) is 0 Å². The Kier molecular flexibility index (Phi) is 7.02. The number of amides is 1. The van der Waals surface area contributed by atoms with E-state index in [-0.39, 0.29) is 42.4 Å². The van der Waals surface area contributed by atoms with Crippen molar-refractivity contribution < 1.29 is 32.2 Å². The zero-order valence-electron chi connectivity index (χ0n) is 17.7. The van der Waals surface area contributed by atoms with Gasteiger partial charge in [0, 0.05) is 18.0 Å². The summed E-state index contributed by atoms with van der Waals surface area (Å²) in [5.41, 5.74) is 1.04. The highest BCUT2D eigenvalue weighted by Gasteiger charge is 2.34. The molecule has 1 aliphatic rings. The van der Waals surface area contributed by atoms with Crippen LogP contribution in [-0.2, 0) is 13.2 Å². The van der Waals surface area contributed by atoms with Crippen LogP contribution in [0.15, 0.2) is 47.8 Å². The average Bonchev–Trinajstić information content (AvgIpc) is 3.53. The van der Waals surface area contributed by atoms with Gasteiger partial charge in [-0.25, -0.2) is 9.37 Å². The van der Waals surface area contributed by atoms with Gasteiger partial charge >= 0.3 is 6.61 Å². The molecule has 174 valence electrons. The highest BCUT2D eigenvalue weighted by atomic mass is 32.1. The van der Waals surface area contributed by atoms with Crippen LogP contribution >= 0.6 is 11.3 Å². The third-order valence-electron chi connectivity index (χ3n) is 4.99. The summed E-state index contributed by atoms with van der Waals surface area (Å²) in [6.45, 7) is -2.51. The second-order valence-electron chi connectivity index (χ2n) is 7.40. The Hall–Kier alpha value is -3.27. The largest absolute Gasteiger partial charge is 0.493 e. The summed E-state index contributed by atoms with van der Waals surface area (Å²) >= 11 is 1.30. The molecule has 0 bridgehead atoms. The summed E-state index contributed by atoms with van der Waals surface area (Å²) < 4.78 is 53.3. The van der Waals surface area contributed by atoms with Crippen LogP contribution in [0, 0.1) is 5.82 Å². The fraction of sp³-hybridized carbons (Fsp3) is 0.304. The zero-order chi connectivity index (χ0) is 23.4. The Morgan fingerprint density at radius 2 is 1.94 bits per heavy atom. The van der Waals surface area contributed by atoms with Crippen molar-refractivity contribution in [1.29, 1.82) is 0 Å². The second kappa shape index (κ2) is 10.1. The van der Waals surface area contributed by atoms with Gasteiger partial charge in [0.1, 0.15) is 28.9 Å². The predicted octanol–water partition coefficient (Wildman–Crippen LogP) is 5.28. The van der Waals surface area contributed by atoms with Crippen molar-refractivity contribution in [2.75, 3.05) is 7.11 Å². The number of carbonyl (C=O) groups excluding carboxylic acids is 1.